The number of thioether (sulfide) groups is 1. The summed E-state index contributed by atoms with van der Waals surface area (Å²) in [4.78, 5) is 0. The average molecular weight is 130 g/mol. The Morgan fingerprint density at radius 2 is 2.62 bits per heavy atom. The van der Waals surface area contributed by atoms with Crippen molar-refractivity contribution in [3.63, 3.8) is 0 Å². The number of hydrogen-bond donors (Lipinski definition) is 1. The lowest BCUT2D eigenvalue weighted by atomic mass is 11.0. The Morgan fingerprint density at radius 1 is 1.75 bits per heavy atom. The molecule has 1 aromatic rings. The van der Waals surface area contributed by atoms with Crippen molar-refractivity contribution in [3.05, 3.63) is 0 Å². The molecule has 0 aliphatic heterocycles. The van der Waals surface area contributed by atoms with Crippen LogP contribution >= 0.6 is 11.8 Å². The van der Waals surface area contributed by atoms with Crippen LogP contribution in [0, 0.1) is 0 Å². The molecule has 1 heterocycles. The Morgan fingerprint density at radius 3 is 3.12 bits per heavy atom. The van der Waals surface area contributed by atoms with Gasteiger partial charge in [0.2, 0.25) is 5.16 Å². The molecule has 0 radical (unpaired) electrons. The van der Waals surface area contributed by atoms with E-state index < -0.39 is 0 Å². The maximum atomic E-state index is 3.72. The van der Waals surface area contributed by atoms with Gasteiger partial charge in [0, 0.05) is 0 Å². The van der Waals surface area contributed by atoms with Crippen LogP contribution in [0.4, 0.5) is 0 Å². The van der Waals surface area contributed by atoms with Gasteiger partial charge in [0.25, 0.3) is 0 Å². The minimum Gasteiger partial charge on any atom is -0.176 e. The van der Waals surface area contributed by atoms with Crippen LogP contribution in [0.3, 0.4) is 0 Å². The third-order valence-corrected chi connectivity index (χ3v) is 1.32. The summed E-state index contributed by atoms with van der Waals surface area (Å²) in [5, 5.41) is 13.9. The molecular weight excluding hydrogens is 124 g/mol. The fourth-order valence-electron chi connectivity index (χ4n) is 0.343. The summed E-state index contributed by atoms with van der Waals surface area (Å²) in [5.41, 5.74) is 0. The summed E-state index contributed by atoms with van der Waals surface area (Å²) in [7, 11) is 0. The molecule has 0 bridgehead atoms. The van der Waals surface area contributed by atoms with Crippen molar-refractivity contribution in [3.8, 4) is 0 Å². The Hall–Kier alpha value is -0.580. The summed E-state index contributed by atoms with van der Waals surface area (Å²) < 4.78 is 0. The number of hydrogen-bond acceptors (Lipinski definition) is 4. The van der Waals surface area contributed by atoms with E-state index in [0.29, 0.717) is 5.16 Å². The van der Waals surface area contributed by atoms with Crippen LogP contribution < -0.4 is 0 Å². The number of H-pyrrole nitrogens is 1. The highest BCUT2D eigenvalue weighted by Gasteiger charge is 1.92. The molecule has 1 rings (SSSR count). The van der Waals surface area contributed by atoms with Crippen molar-refractivity contribution in [2.24, 2.45) is 0 Å². The molecule has 0 aliphatic rings. The fraction of sp³-hybridized carbons (Fsp3) is 0.667. The molecule has 1 N–H and O–H groups in total. The summed E-state index contributed by atoms with van der Waals surface area (Å²) in [6.45, 7) is 2.04. The minimum absolute atomic E-state index is 0.715. The van der Waals surface area contributed by atoms with Crippen LogP contribution in [0.1, 0.15) is 6.92 Å². The van der Waals surface area contributed by atoms with Gasteiger partial charge >= 0.3 is 0 Å². The molecule has 44 valence electrons. The van der Waals surface area contributed by atoms with E-state index in [0.717, 1.165) is 5.75 Å². The van der Waals surface area contributed by atoms with Crippen molar-refractivity contribution in [2.45, 2.75) is 12.1 Å². The highest BCUT2D eigenvalue weighted by molar-refractivity contribution is 7.99. The highest BCUT2D eigenvalue weighted by atomic mass is 32.2. The molecule has 0 spiro atoms. The smallest absolute Gasteiger partial charge is 0.176 e. The normalized spacial score (nSPS) is 9.62. The Bertz CT molecular complexity index is 137. The number of nitrogens with one attached hydrogen (secondary N) is 1. The molecule has 0 amide bonds. The van der Waals surface area contributed by atoms with Crippen molar-refractivity contribution in [1.29, 1.82) is 0 Å². The largest absolute Gasteiger partial charge is 0.230 e. The van der Waals surface area contributed by atoms with Gasteiger partial charge in [-0.3, -0.25) is 0 Å². The average Bonchev–Trinajstić information content (AvgIpc) is 2.19. The Labute approximate surface area is 51.1 Å². The molecule has 0 fully saturated rings. The Balaban J connectivity index is 2.50. The highest BCUT2D eigenvalue weighted by Crippen LogP contribution is 2.06. The third-order valence-electron chi connectivity index (χ3n) is 0.599. The second-order valence-electron chi connectivity index (χ2n) is 1.13. The topological polar surface area (TPSA) is 54.5 Å². The number of rotatable bonds is 2. The lowest BCUT2D eigenvalue weighted by Gasteiger charge is -1.80. The van der Waals surface area contributed by atoms with Crippen LogP contribution in [0.25, 0.3) is 0 Å². The van der Waals surface area contributed by atoms with Gasteiger partial charge in [-0.05, 0) is 11.0 Å². The van der Waals surface area contributed by atoms with Gasteiger partial charge in [0.1, 0.15) is 0 Å². The minimum atomic E-state index is 0.715. The lowest BCUT2D eigenvalue weighted by molar-refractivity contribution is 0.881. The number of nitrogens with zero attached hydrogens (tertiary/aromatic N) is 3. The maximum absolute atomic E-state index is 3.72. The summed E-state index contributed by atoms with van der Waals surface area (Å²) in [5.74, 6) is 0.986. The predicted octanol–water partition coefficient (Wildman–Crippen LogP) is 0.312. The maximum Gasteiger partial charge on any atom is 0.230 e. The molecule has 0 unspecified atom stereocenters. The van der Waals surface area contributed by atoms with Gasteiger partial charge in [-0.2, -0.15) is 5.21 Å². The van der Waals surface area contributed by atoms with Crippen molar-refractivity contribution in [2.75, 3.05) is 5.75 Å². The molecule has 0 aliphatic carbocycles. The van der Waals surface area contributed by atoms with Gasteiger partial charge in [-0.25, -0.2) is 0 Å². The van der Waals surface area contributed by atoms with Crippen LogP contribution in [0.5, 0.6) is 0 Å². The summed E-state index contributed by atoms with van der Waals surface area (Å²) in [6.07, 6.45) is 0. The van der Waals surface area contributed by atoms with E-state index in [1.165, 1.54) is 0 Å². The SMILES string of the molecule is CCSc1nn[nH]n1. The van der Waals surface area contributed by atoms with Crippen molar-refractivity contribution >= 4 is 11.8 Å². The zero-order chi connectivity index (χ0) is 5.82. The van der Waals surface area contributed by atoms with Crippen LogP contribution in [-0.4, -0.2) is 26.4 Å². The first-order chi connectivity index (χ1) is 3.93. The summed E-state index contributed by atoms with van der Waals surface area (Å²) >= 11 is 1.57. The van der Waals surface area contributed by atoms with E-state index in [1.54, 1.807) is 11.8 Å². The van der Waals surface area contributed by atoms with Gasteiger partial charge in [0.15, 0.2) is 0 Å². The van der Waals surface area contributed by atoms with Crippen molar-refractivity contribution < 1.29 is 0 Å². The zero-order valence-corrected chi connectivity index (χ0v) is 5.27. The molecule has 0 atom stereocenters. The predicted molar refractivity (Wildman–Crippen MR) is 30.6 cm³/mol. The van der Waals surface area contributed by atoms with Gasteiger partial charge in [0.05, 0.1) is 0 Å². The van der Waals surface area contributed by atoms with E-state index in [-0.39, 0.29) is 0 Å². The first kappa shape index (κ1) is 5.55. The van der Waals surface area contributed by atoms with Crippen LogP contribution in [0.15, 0.2) is 5.16 Å². The van der Waals surface area contributed by atoms with E-state index >= 15 is 0 Å². The van der Waals surface area contributed by atoms with Gasteiger partial charge < -0.3 is 0 Å². The van der Waals surface area contributed by atoms with E-state index in [9.17, 15) is 0 Å². The second-order valence-corrected chi connectivity index (χ2v) is 2.36. The van der Waals surface area contributed by atoms with Crippen molar-refractivity contribution in [1.82, 2.24) is 20.6 Å². The van der Waals surface area contributed by atoms with Gasteiger partial charge in [-0.15, -0.1) is 10.2 Å². The molecule has 5 heteroatoms. The lowest BCUT2D eigenvalue weighted by Crippen LogP contribution is -1.73. The van der Waals surface area contributed by atoms with E-state index in [1.807, 2.05) is 6.92 Å². The zero-order valence-electron chi connectivity index (χ0n) is 4.46. The quantitative estimate of drug-likeness (QED) is 0.585. The Kier molecular flexibility index (Phi) is 1.85. The van der Waals surface area contributed by atoms with Crippen LogP contribution in [0.2, 0.25) is 0 Å². The van der Waals surface area contributed by atoms with Gasteiger partial charge in [-0.1, -0.05) is 18.7 Å². The molecule has 0 aromatic carbocycles. The third kappa shape index (κ3) is 1.19. The van der Waals surface area contributed by atoms with E-state index in [4.69, 9.17) is 0 Å². The standard InChI is InChI=1S/C3H6N4S/c1-2-8-3-4-6-7-5-3/h2H2,1H3,(H,4,5,6,7). The molecule has 8 heavy (non-hydrogen) atoms. The second kappa shape index (κ2) is 2.66. The molecule has 1 aromatic heterocycles. The molecular formula is C3H6N4S. The monoisotopic (exact) mass is 130 g/mol. The molecule has 0 saturated heterocycles. The first-order valence-corrected chi connectivity index (χ1v) is 3.28. The fourth-order valence-corrected chi connectivity index (χ4v) is 0.805. The first-order valence-electron chi connectivity index (χ1n) is 2.29. The number of tetrazole rings is 1. The van der Waals surface area contributed by atoms with E-state index in [2.05, 4.69) is 20.6 Å². The van der Waals surface area contributed by atoms with Crippen LogP contribution in [-0.2, 0) is 0 Å². The molecule has 4 nitrogen and oxygen atoms in total. The summed E-state index contributed by atoms with van der Waals surface area (Å²) in [6, 6.07) is 0. The number of aromatic nitrogens is 4. The molecule has 0 saturated carbocycles. The number of aromatic amines is 1.